The van der Waals surface area contributed by atoms with Crippen LogP contribution in [0, 0.1) is 0 Å². The molecule has 1 heterocycles. The number of hydrogen-bond acceptors (Lipinski definition) is 3. The molecule has 18 heavy (non-hydrogen) atoms. The van der Waals surface area contributed by atoms with Crippen molar-refractivity contribution in [1.29, 1.82) is 0 Å². The molecule has 0 spiro atoms. The molecule has 1 aliphatic heterocycles. The van der Waals surface area contributed by atoms with Gasteiger partial charge in [0.15, 0.2) is 0 Å². The van der Waals surface area contributed by atoms with Gasteiger partial charge in [-0.3, -0.25) is 0 Å². The van der Waals surface area contributed by atoms with Crippen molar-refractivity contribution >= 4 is 17.3 Å². The second-order valence-electron chi connectivity index (χ2n) is 5.37. The number of benzene rings is 1. The third kappa shape index (κ3) is 3.61. The molecule has 2 N–H and O–H groups in total. The minimum absolute atomic E-state index is 0.687. The Morgan fingerprint density at radius 2 is 2.22 bits per heavy atom. The van der Waals surface area contributed by atoms with Crippen LogP contribution in [-0.4, -0.2) is 43.0 Å². The molecule has 1 saturated heterocycles. The second-order valence-corrected chi connectivity index (χ2v) is 5.80. The van der Waals surface area contributed by atoms with Gasteiger partial charge < -0.3 is 15.5 Å². The van der Waals surface area contributed by atoms with Crippen LogP contribution in [0.1, 0.15) is 18.4 Å². The molecule has 1 aromatic carbocycles. The highest BCUT2D eigenvalue weighted by Crippen LogP contribution is 2.19. The van der Waals surface area contributed by atoms with Crippen LogP contribution in [0.3, 0.4) is 0 Å². The van der Waals surface area contributed by atoms with Gasteiger partial charge in [0.2, 0.25) is 0 Å². The van der Waals surface area contributed by atoms with Gasteiger partial charge in [0.25, 0.3) is 0 Å². The van der Waals surface area contributed by atoms with E-state index in [2.05, 4.69) is 23.9 Å². The van der Waals surface area contributed by atoms with Crippen LogP contribution in [0.25, 0.3) is 0 Å². The lowest BCUT2D eigenvalue weighted by atomic mass is 10.1. The number of likely N-dealkylation sites (N-methyl/N-ethyl adjacent to an activating group) is 2. The first-order valence-corrected chi connectivity index (χ1v) is 6.86. The summed E-state index contributed by atoms with van der Waals surface area (Å²) < 4.78 is 0. The largest absolute Gasteiger partial charge is 0.399 e. The zero-order chi connectivity index (χ0) is 13.1. The van der Waals surface area contributed by atoms with Crippen LogP contribution in [0.4, 0.5) is 5.69 Å². The smallest absolute Gasteiger partial charge is 0.0429 e. The molecular weight excluding hydrogens is 246 g/mol. The highest BCUT2D eigenvalue weighted by molar-refractivity contribution is 6.30. The van der Waals surface area contributed by atoms with Gasteiger partial charge in [0.05, 0.1) is 0 Å². The minimum atomic E-state index is 0.687. The summed E-state index contributed by atoms with van der Waals surface area (Å²) in [6, 6.07) is 6.47. The fourth-order valence-corrected chi connectivity index (χ4v) is 2.98. The first-order chi connectivity index (χ1) is 8.54. The van der Waals surface area contributed by atoms with Gasteiger partial charge in [-0.1, -0.05) is 11.6 Å². The maximum Gasteiger partial charge on any atom is 0.0429 e. The molecule has 1 unspecified atom stereocenters. The van der Waals surface area contributed by atoms with E-state index >= 15 is 0 Å². The molecule has 0 bridgehead atoms. The van der Waals surface area contributed by atoms with Crippen molar-refractivity contribution in [3.8, 4) is 0 Å². The number of halogens is 1. The number of nitrogens with zero attached hydrogens (tertiary/aromatic N) is 2. The summed E-state index contributed by atoms with van der Waals surface area (Å²) in [4.78, 5) is 4.79. The Kier molecular flexibility index (Phi) is 4.49. The number of anilines is 1. The summed E-state index contributed by atoms with van der Waals surface area (Å²) in [7, 11) is 4.37. The Balaban J connectivity index is 1.92. The van der Waals surface area contributed by atoms with Crippen molar-refractivity contribution < 1.29 is 0 Å². The molecule has 1 fully saturated rings. The summed E-state index contributed by atoms with van der Waals surface area (Å²) in [5.74, 6) is 0. The number of nitrogens with two attached hydrogens (primary N) is 1. The molecule has 0 saturated carbocycles. The normalized spacial score (nSPS) is 20.8. The molecular formula is C14H22ClN3. The summed E-state index contributed by atoms with van der Waals surface area (Å²) >= 11 is 6.02. The van der Waals surface area contributed by atoms with Crippen LogP contribution in [0.5, 0.6) is 0 Å². The van der Waals surface area contributed by atoms with E-state index in [0.29, 0.717) is 6.04 Å². The van der Waals surface area contributed by atoms with E-state index < -0.39 is 0 Å². The molecule has 1 aromatic rings. The van der Waals surface area contributed by atoms with E-state index in [1.807, 2.05) is 12.1 Å². The maximum absolute atomic E-state index is 6.02. The van der Waals surface area contributed by atoms with Crippen molar-refractivity contribution in [3.63, 3.8) is 0 Å². The van der Waals surface area contributed by atoms with E-state index in [-0.39, 0.29) is 0 Å². The third-order valence-corrected chi connectivity index (χ3v) is 3.84. The van der Waals surface area contributed by atoms with Gasteiger partial charge in [0.1, 0.15) is 0 Å². The molecule has 4 heteroatoms. The third-order valence-electron chi connectivity index (χ3n) is 3.63. The summed E-state index contributed by atoms with van der Waals surface area (Å²) in [5.41, 5.74) is 7.73. The Labute approximate surface area is 115 Å². The van der Waals surface area contributed by atoms with Crippen LogP contribution in [0.2, 0.25) is 5.02 Å². The predicted molar refractivity (Wildman–Crippen MR) is 77.9 cm³/mol. The van der Waals surface area contributed by atoms with Gasteiger partial charge in [-0.2, -0.15) is 0 Å². The molecule has 1 atom stereocenters. The van der Waals surface area contributed by atoms with Gasteiger partial charge in [-0.05, 0) is 57.2 Å². The molecule has 0 radical (unpaired) electrons. The Bertz CT molecular complexity index is 388. The SMILES string of the molecule is CN(Cc1cc(N)cc(Cl)c1)CC1CCCN1C. The van der Waals surface area contributed by atoms with Crippen molar-refractivity contribution in [2.24, 2.45) is 0 Å². The number of rotatable bonds is 4. The number of hydrogen-bond donors (Lipinski definition) is 1. The van der Waals surface area contributed by atoms with Crippen LogP contribution in [0.15, 0.2) is 18.2 Å². The maximum atomic E-state index is 6.02. The van der Waals surface area contributed by atoms with Gasteiger partial charge in [0, 0.05) is 29.8 Å². The fraction of sp³-hybridized carbons (Fsp3) is 0.571. The Morgan fingerprint density at radius 1 is 1.44 bits per heavy atom. The lowest BCUT2D eigenvalue weighted by Crippen LogP contribution is -2.36. The first kappa shape index (κ1) is 13.7. The van der Waals surface area contributed by atoms with E-state index in [4.69, 9.17) is 17.3 Å². The van der Waals surface area contributed by atoms with E-state index in [1.54, 1.807) is 6.07 Å². The topological polar surface area (TPSA) is 32.5 Å². The Hall–Kier alpha value is -0.770. The summed E-state index contributed by atoms with van der Waals surface area (Å²) in [5, 5.41) is 0.719. The second kappa shape index (κ2) is 5.91. The summed E-state index contributed by atoms with van der Waals surface area (Å²) in [6.45, 7) is 3.22. The average molecular weight is 268 g/mol. The molecule has 0 aromatic heterocycles. The van der Waals surface area contributed by atoms with Gasteiger partial charge in [-0.25, -0.2) is 0 Å². The van der Waals surface area contributed by atoms with E-state index in [1.165, 1.54) is 24.9 Å². The predicted octanol–water partition coefficient (Wildman–Crippen LogP) is 2.45. The standard InChI is InChI=1S/C14H22ClN3/c1-17(10-14-4-3-5-18(14)2)9-11-6-12(15)8-13(16)7-11/h6-8,14H,3-5,9-10,16H2,1-2H3. The average Bonchev–Trinajstić information content (AvgIpc) is 2.62. The highest BCUT2D eigenvalue weighted by Gasteiger charge is 2.21. The van der Waals surface area contributed by atoms with E-state index in [0.717, 1.165) is 23.8 Å². The monoisotopic (exact) mass is 267 g/mol. The molecule has 2 rings (SSSR count). The Morgan fingerprint density at radius 3 is 2.83 bits per heavy atom. The van der Waals surface area contributed by atoms with Crippen molar-refractivity contribution in [2.75, 3.05) is 32.9 Å². The highest BCUT2D eigenvalue weighted by atomic mass is 35.5. The van der Waals surface area contributed by atoms with Crippen molar-refractivity contribution in [1.82, 2.24) is 9.80 Å². The zero-order valence-corrected chi connectivity index (χ0v) is 12.0. The van der Waals surface area contributed by atoms with Crippen LogP contribution >= 0.6 is 11.6 Å². The molecule has 3 nitrogen and oxygen atoms in total. The van der Waals surface area contributed by atoms with Gasteiger partial charge in [-0.15, -0.1) is 0 Å². The molecule has 0 amide bonds. The van der Waals surface area contributed by atoms with Gasteiger partial charge >= 0.3 is 0 Å². The van der Waals surface area contributed by atoms with Crippen molar-refractivity contribution in [2.45, 2.75) is 25.4 Å². The number of nitrogen functional groups attached to an aromatic ring is 1. The number of likely N-dealkylation sites (tertiary alicyclic amines) is 1. The van der Waals surface area contributed by atoms with Crippen LogP contribution in [-0.2, 0) is 6.54 Å². The lowest BCUT2D eigenvalue weighted by molar-refractivity contribution is 0.215. The fourth-order valence-electron chi connectivity index (χ4n) is 2.71. The summed E-state index contributed by atoms with van der Waals surface area (Å²) in [6.07, 6.45) is 2.62. The molecule has 1 aliphatic rings. The first-order valence-electron chi connectivity index (χ1n) is 6.48. The lowest BCUT2D eigenvalue weighted by Gasteiger charge is -2.25. The molecule has 0 aliphatic carbocycles. The minimum Gasteiger partial charge on any atom is -0.399 e. The molecule has 100 valence electrons. The quantitative estimate of drug-likeness (QED) is 0.851. The van der Waals surface area contributed by atoms with Crippen molar-refractivity contribution in [3.05, 3.63) is 28.8 Å². The zero-order valence-electron chi connectivity index (χ0n) is 11.2. The van der Waals surface area contributed by atoms with Crippen LogP contribution < -0.4 is 5.73 Å². The van der Waals surface area contributed by atoms with E-state index in [9.17, 15) is 0 Å².